The van der Waals surface area contributed by atoms with Gasteiger partial charge in [-0.2, -0.15) is 0 Å². The molecule has 7 nitrogen and oxygen atoms in total. The van der Waals surface area contributed by atoms with Crippen molar-refractivity contribution >= 4 is 33.2 Å². The highest BCUT2D eigenvalue weighted by atomic mass is 32.2. The predicted molar refractivity (Wildman–Crippen MR) is 141 cm³/mol. The lowest BCUT2D eigenvalue weighted by Crippen LogP contribution is -2.14. The number of rotatable bonds is 10. The van der Waals surface area contributed by atoms with Crippen LogP contribution in [-0.4, -0.2) is 25.7 Å². The van der Waals surface area contributed by atoms with E-state index in [2.05, 4.69) is 24.6 Å². The molecule has 9 heteroatoms. The lowest BCUT2D eigenvalue weighted by molar-refractivity contribution is -0.388. The smallest absolute Gasteiger partial charge is 0.284 e. The lowest BCUT2D eigenvalue weighted by Gasteiger charge is -2.13. The van der Waals surface area contributed by atoms with Crippen LogP contribution in [0.4, 0.5) is 11.4 Å². The first-order chi connectivity index (χ1) is 16.5. The molecule has 0 saturated heterocycles. The van der Waals surface area contributed by atoms with Crippen molar-refractivity contribution in [2.45, 2.75) is 50.3 Å². The van der Waals surface area contributed by atoms with E-state index in [1.165, 1.54) is 29.5 Å². The molecule has 3 aromatic rings. The van der Waals surface area contributed by atoms with E-state index in [0.29, 0.717) is 28.9 Å². The molecule has 3 aromatic carbocycles. The number of aryl methyl sites for hydroxylation is 3. The second-order valence-electron chi connectivity index (χ2n) is 8.68. The third-order valence-corrected chi connectivity index (χ3v) is 7.93. The number of benzene rings is 3. The number of nitrogens with zero attached hydrogens (tertiary/aromatic N) is 1. The molecule has 0 bridgehead atoms. The van der Waals surface area contributed by atoms with Crippen LogP contribution in [0.15, 0.2) is 64.4 Å². The summed E-state index contributed by atoms with van der Waals surface area (Å²) in [5, 5.41) is 11.7. The molecule has 0 atom stereocenters. The normalized spacial score (nSPS) is 11.5. The van der Waals surface area contributed by atoms with E-state index in [1.54, 1.807) is 19.1 Å². The molecule has 0 aromatic heterocycles. The van der Waals surface area contributed by atoms with Crippen LogP contribution in [0.3, 0.4) is 0 Å². The Hall–Kier alpha value is -3.04. The second kappa shape index (κ2) is 11.1. The van der Waals surface area contributed by atoms with Gasteiger partial charge in [-0.3, -0.25) is 14.8 Å². The summed E-state index contributed by atoms with van der Waals surface area (Å²) in [6.45, 7) is 10.4. The zero-order chi connectivity index (χ0) is 25.8. The van der Waals surface area contributed by atoms with Gasteiger partial charge in [-0.25, -0.2) is 8.42 Å². The average molecular weight is 515 g/mol. The van der Waals surface area contributed by atoms with Gasteiger partial charge in [0.25, 0.3) is 15.7 Å². The Labute approximate surface area is 211 Å². The number of nitrogens with one attached hydrogen (secondary N) is 1. The number of nitro groups is 1. The number of nitro benzene ring substituents is 1. The Morgan fingerprint density at radius 1 is 1.00 bits per heavy atom. The summed E-state index contributed by atoms with van der Waals surface area (Å²) in [4.78, 5) is 11.3. The van der Waals surface area contributed by atoms with Crippen molar-refractivity contribution in [3.8, 4) is 5.75 Å². The molecule has 0 aliphatic carbocycles. The molecule has 0 radical (unpaired) electrons. The number of ether oxygens (including phenoxy) is 1. The maximum absolute atomic E-state index is 12.9. The highest BCUT2D eigenvalue weighted by molar-refractivity contribution is 7.99. The maximum Gasteiger partial charge on any atom is 0.284 e. The Kier molecular flexibility index (Phi) is 8.45. The first-order valence-corrected chi connectivity index (χ1v) is 13.7. The Morgan fingerprint density at radius 3 is 2.37 bits per heavy atom. The Morgan fingerprint density at radius 2 is 1.74 bits per heavy atom. The van der Waals surface area contributed by atoms with Crippen molar-refractivity contribution in [3.63, 3.8) is 0 Å². The van der Waals surface area contributed by atoms with Gasteiger partial charge in [-0.15, -0.1) is 11.8 Å². The van der Waals surface area contributed by atoms with Crippen LogP contribution in [0.25, 0.3) is 0 Å². The summed E-state index contributed by atoms with van der Waals surface area (Å²) in [5.41, 5.74) is 4.39. The summed E-state index contributed by atoms with van der Waals surface area (Å²) in [7, 11) is -3.98. The van der Waals surface area contributed by atoms with Crippen LogP contribution in [0.2, 0.25) is 0 Å². The number of sulfonamides is 1. The predicted octanol–water partition coefficient (Wildman–Crippen LogP) is 6.62. The molecule has 0 amide bonds. The molecule has 0 aliphatic rings. The van der Waals surface area contributed by atoms with Crippen LogP contribution < -0.4 is 9.46 Å². The summed E-state index contributed by atoms with van der Waals surface area (Å²) >= 11 is 1.25. The van der Waals surface area contributed by atoms with Crippen LogP contribution in [0, 0.1) is 30.9 Å². The number of hydrogen-bond donors (Lipinski definition) is 1. The molecule has 0 spiro atoms. The molecule has 0 heterocycles. The number of anilines is 1. The number of thioether (sulfide) groups is 1. The molecule has 0 saturated carbocycles. The van der Waals surface area contributed by atoms with Crippen LogP contribution in [-0.2, 0) is 10.0 Å². The summed E-state index contributed by atoms with van der Waals surface area (Å²) < 4.78 is 34.1. The fourth-order valence-electron chi connectivity index (χ4n) is 3.76. The molecule has 0 fully saturated rings. The summed E-state index contributed by atoms with van der Waals surface area (Å²) in [6.07, 6.45) is 0. The van der Waals surface area contributed by atoms with Gasteiger partial charge in [0.05, 0.1) is 27.0 Å². The zero-order valence-corrected chi connectivity index (χ0v) is 22.1. The van der Waals surface area contributed by atoms with Crippen LogP contribution >= 0.6 is 11.8 Å². The van der Waals surface area contributed by atoms with Gasteiger partial charge < -0.3 is 4.74 Å². The van der Waals surface area contributed by atoms with Crippen molar-refractivity contribution < 1.29 is 18.1 Å². The van der Waals surface area contributed by atoms with E-state index in [-0.39, 0.29) is 10.6 Å². The Bertz CT molecular complexity index is 1340. The maximum atomic E-state index is 12.9. The van der Waals surface area contributed by atoms with Gasteiger partial charge in [0.15, 0.2) is 0 Å². The summed E-state index contributed by atoms with van der Waals surface area (Å²) in [5.74, 6) is 1.66. The zero-order valence-electron chi connectivity index (χ0n) is 20.5. The van der Waals surface area contributed by atoms with Gasteiger partial charge in [0.2, 0.25) is 0 Å². The van der Waals surface area contributed by atoms with Crippen molar-refractivity contribution in [1.82, 2.24) is 0 Å². The van der Waals surface area contributed by atoms with Crippen LogP contribution in [0.5, 0.6) is 5.75 Å². The molecule has 0 unspecified atom stereocenters. The molecule has 0 aliphatic heterocycles. The van der Waals surface area contributed by atoms with E-state index >= 15 is 0 Å². The van der Waals surface area contributed by atoms with Crippen molar-refractivity contribution in [1.29, 1.82) is 0 Å². The molecule has 35 heavy (non-hydrogen) atoms. The average Bonchev–Trinajstić information content (AvgIpc) is 2.78. The van der Waals surface area contributed by atoms with Crippen LogP contribution in [0.1, 0.15) is 42.0 Å². The fraction of sp³-hybridized carbons (Fsp3) is 0.308. The minimum atomic E-state index is -3.98. The highest BCUT2D eigenvalue weighted by Gasteiger charge is 2.22. The van der Waals surface area contributed by atoms with Crippen molar-refractivity contribution in [2.75, 3.05) is 17.1 Å². The largest absolute Gasteiger partial charge is 0.493 e. The van der Waals surface area contributed by atoms with E-state index in [1.807, 2.05) is 32.0 Å². The standard InChI is InChI=1S/C26H30N2O5S2/c1-17(2)23-9-7-21(15-19(23)4)33-12-13-34-26-11-8-22(16-25(26)28(29)30)35(31,32)27-24-10-6-18(3)14-20(24)5/h6-11,14-17,27H,12-13H2,1-5H3. The minimum Gasteiger partial charge on any atom is -0.493 e. The summed E-state index contributed by atoms with van der Waals surface area (Å²) in [6, 6.07) is 15.3. The van der Waals surface area contributed by atoms with E-state index in [9.17, 15) is 18.5 Å². The topological polar surface area (TPSA) is 98.5 Å². The fourth-order valence-corrected chi connectivity index (χ4v) is 5.74. The van der Waals surface area contributed by atoms with E-state index < -0.39 is 14.9 Å². The van der Waals surface area contributed by atoms with Crippen molar-refractivity contribution in [2.24, 2.45) is 0 Å². The van der Waals surface area contributed by atoms with E-state index in [0.717, 1.165) is 28.5 Å². The lowest BCUT2D eigenvalue weighted by atomic mass is 9.98. The first-order valence-electron chi connectivity index (χ1n) is 11.2. The molecular weight excluding hydrogens is 484 g/mol. The van der Waals surface area contributed by atoms with Gasteiger partial charge in [0.1, 0.15) is 5.75 Å². The monoisotopic (exact) mass is 514 g/mol. The first kappa shape index (κ1) is 26.6. The van der Waals surface area contributed by atoms with Gasteiger partial charge in [-0.05, 0) is 73.7 Å². The SMILES string of the molecule is Cc1ccc(NS(=O)(=O)c2ccc(SCCOc3ccc(C(C)C)c(C)c3)c([N+](=O)[O-])c2)c(C)c1. The molecule has 186 valence electrons. The van der Waals surface area contributed by atoms with Gasteiger partial charge in [0, 0.05) is 11.8 Å². The van der Waals surface area contributed by atoms with E-state index in [4.69, 9.17) is 4.74 Å². The third kappa shape index (κ3) is 6.76. The minimum absolute atomic E-state index is 0.162. The third-order valence-electron chi connectivity index (χ3n) is 5.54. The second-order valence-corrected chi connectivity index (χ2v) is 11.5. The van der Waals surface area contributed by atoms with Gasteiger partial charge >= 0.3 is 0 Å². The number of hydrogen-bond acceptors (Lipinski definition) is 6. The molecule has 3 rings (SSSR count). The molecular formula is C26H30N2O5S2. The molecule has 1 N–H and O–H groups in total. The Balaban J connectivity index is 1.69. The van der Waals surface area contributed by atoms with Crippen molar-refractivity contribution in [3.05, 3.63) is 87.0 Å². The quantitative estimate of drug-likeness (QED) is 0.141. The highest BCUT2D eigenvalue weighted by Crippen LogP contribution is 2.32. The van der Waals surface area contributed by atoms with Gasteiger partial charge in [-0.1, -0.05) is 37.6 Å².